The molecule has 0 unspecified atom stereocenters. The van der Waals surface area contributed by atoms with Crippen LogP contribution in [0.25, 0.3) is 10.8 Å². The number of nitrogens with zero attached hydrogens (tertiary/aromatic N) is 4. The summed E-state index contributed by atoms with van der Waals surface area (Å²) in [7, 11) is 0. The van der Waals surface area contributed by atoms with E-state index >= 15 is 0 Å². The Labute approximate surface area is 186 Å². The molecule has 1 fully saturated rings. The van der Waals surface area contributed by atoms with Gasteiger partial charge in [-0.1, -0.05) is 48.5 Å². The predicted octanol–water partition coefficient (Wildman–Crippen LogP) is 4.60. The molecule has 0 spiro atoms. The van der Waals surface area contributed by atoms with Crippen LogP contribution in [0.2, 0.25) is 0 Å². The number of benzene rings is 3. The Morgan fingerprint density at radius 2 is 1.31 bits per heavy atom. The molecule has 0 aliphatic carbocycles. The lowest BCUT2D eigenvalue weighted by Crippen LogP contribution is -2.47. The van der Waals surface area contributed by atoms with Gasteiger partial charge >= 0.3 is 6.03 Å². The third-order valence-electron chi connectivity index (χ3n) is 5.59. The second kappa shape index (κ2) is 8.93. The van der Waals surface area contributed by atoms with E-state index < -0.39 is 0 Å². The van der Waals surface area contributed by atoms with Crippen LogP contribution in [-0.2, 0) is 0 Å². The second-order valence-corrected chi connectivity index (χ2v) is 7.72. The van der Waals surface area contributed by atoms with Gasteiger partial charge in [0.05, 0.1) is 18.1 Å². The number of para-hydroxylation sites is 1. The highest BCUT2D eigenvalue weighted by Crippen LogP contribution is 2.20. The van der Waals surface area contributed by atoms with E-state index in [1.54, 1.807) is 12.4 Å². The van der Waals surface area contributed by atoms with Crippen LogP contribution < -0.4 is 20.4 Å². The van der Waals surface area contributed by atoms with Crippen LogP contribution in [0.15, 0.2) is 85.2 Å². The van der Waals surface area contributed by atoms with Crippen LogP contribution in [0.3, 0.4) is 0 Å². The summed E-state index contributed by atoms with van der Waals surface area (Å²) in [5.74, 6) is 0.679. The van der Waals surface area contributed by atoms with Gasteiger partial charge in [0.1, 0.15) is 0 Å². The van der Waals surface area contributed by atoms with Crippen molar-refractivity contribution in [3.8, 4) is 0 Å². The van der Waals surface area contributed by atoms with E-state index in [0.29, 0.717) is 11.6 Å². The number of piperazine rings is 1. The van der Waals surface area contributed by atoms with Crippen molar-refractivity contribution in [1.29, 1.82) is 0 Å². The first kappa shape index (κ1) is 19.8. The van der Waals surface area contributed by atoms with Gasteiger partial charge in [-0.2, -0.15) is 0 Å². The minimum Gasteiger partial charge on any atom is -0.368 e. The highest BCUT2D eigenvalue weighted by Gasteiger charge is 2.19. The molecule has 160 valence electrons. The molecule has 32 heavy (non-hydrogen) atoms. The van der Waals surface area contributed by atoms with Gasteiger partial charge in [0.25, 0.3) is 0 Å². The summed E-state index contributed by atoms with van der Waals surface area (Å²) in [6.45, 7) is 3.54. The predicted molar refractivity (Wildman–Crippen MR) is 129 cm³/mol. The van der Waals surface area contributed by atoms with E-state index in [2.05, 4.69) is 54.7 Å². The maximum absolute atomic E-state index is 12.4. The Kier molecular flexibility index (Phi) is 5.53. The number of urea groups is 1. The van der Waals surface area contributed by atoms with Gasteiger partial charge in [-0.15, -0.1) is 0 Å². The number of amides is 2. The highest BCUT2D eigenvalue weighted by atomic mass is 16.2. The Balaban J connectivity index is 1.16. The summed E-state index contributed by atoms with van der Waals surface area (Å²) < 4.78 is 0. The third-order valence-corrected chi connectivity index (χ3v) is 5.59. The van der Waals surface area contributed by atoms with E-state index in [-0.39, 0.29) is 6.03 Å². The zero-order valence-electron chi connectivity index (χ0n) is 17.6. The summed E-state index contributed by atoms with van der Waals surface area (Å²) in [4.78, 5) is 25.8. The summed E-state index contributed by atoms with van der Waals surface area (Å²) in [5, 5.41) is 7.86. The molecule has 7 heteroatoms. The Morgan fingerprint density at radius 3 is 2.06 bits per heavy atom. The molecular formula is C25H24N6O. The van der Waals surface area contributed by atoms with E-state index in [1.807, 2.05) is 48.5 Å². The molecule has 7 nitrogen and oxygen atoms in total. The molecule has 2 N–H and O–H groups in total. The van der Waals surface area contributed by atoms with Crippen molar-refractivity contribution in [3.05, 3.63) is 85.2 Å². The smallest absolute Gasteiger partial charge is 0.323 e. The summed E-state index contributed by atoms with van der Waals surface area (Å²) >= 11 is 0. The average molecular weight is 425 g/mol. The highest BCUT2D eigenvalue weighted by molar-refractivity contribution is 6.01. The fourth-order valence-electron chi connectivity index (χ4n) is 3.91. The van der Waals surface area contributed by atoms with Gasteiger partial charge in [0.15, 0.2) is 0 Å². The normalized spacial score (nSPS) is 13.8. The largest absolute Gasteiger partial charge is 0.368 e. The van der Waals surface area contributed by atoms with Crippen molar-refractivity contribution in [1.82, 2.24) is 9.97 Å². The van der Waals surface area contributed by atoms with Crippen molar-refractivity contribution in [2.75, 3.05) is 46.6 Å². The van der Waals surface area contributed by atoms with Crippen LogP contribution >= 0.6 is 0 Å². The maximum atomic E-state index is 12.4. The third kappa shape index (κ3) is 4.46. The van der Waals surface area contributed by atoms with Gasteiger partial charge in [-0.3, -0.25) is 0 Å². The number of anilines is 4. The molecule has 2 heterocycles. The number of carbonyl (C=O) groups excluding carboxylic acids is 1. The first-order valence-corrected chi connectivity index (χ1v) is 10.7. The van der Waals surface area contributed by atoms with E-state index in [9.17, 15) is 4.79 Å². The SMILES string of the molecule is O=C(Nc1cnc(N2CCN(c3ccccc3)CC2)nc1)Nc1ccc2ccccc2c1. The van der Waals surface area contributed by atoms with Gasteiger partial charge in [0, 0.05) is 37.6 Å². The number of fused-ring (bicyclic) bond motifs is 1. The first-order valence-electron chi connectivity index (χ1n) is 10.7. The van der Waals surface area contributed by atoms with E-state index in [1.165, 1.54) is 5.69 Å². The van der Waals surface area contributed by atoms with Crippen LogP contribution in [0.4, 0.5) is 27.8 Å². The van der Waals surface area contributed by atoms with Crippen molar-refractivity contribution in [2.24, 2.45) is 0 Å². The quantitative estimate of drug-likeness (QED) is 0.501. The van der Waals surface area contributed by atoms with Crippen molar-refractivity contribution < 1.29 is 4.79 Å². The monoisotopic (exact) mass is 424 g/mol. The maximum Gasteiger partial charge on any atom is 0.323 e. The number of hydrogen-bond donors (Lipinski definition) is 2. The molecule has 1 aromatic heterocycles. The Bertz CT molecular complexity index is 1200. The summed E-state index contributed by atoms with van der Waals surface area (Å²) in [6.07, 6.45) is 3.29. The molecule has 0 bridgehead atoms. The molecule has 4 aromatic rings. The lowest BCUT2D eigenvalue weighted by atomic mass is 10.1. The number of nitrogens with one attached hydrogen (secondary N) is 2. The molecule has 5 rings (SSSR count). The Morgan fingerprint density at radius 1 is 0.688 bits per heavy atom. The Hall–Kier alpha value is -4.13. The number of carbonyl (C=O) groups is 1. The number of aromatic nitrogens is 2. The van der Waals surface area contributed by atoms with Crippen molar-refractivity contribution in [2.45, 2.75) is 0 Å². The topological polar surface area (TPSA) is 73.4 Å². The van der Waals surface area contributed by atoms with E-state index in [0.717, 1.165) is 42.6 Å². The van der Waals surface area contributed by atoms with E-state index in [4.69, 9.17) is 0 Å². The molecule has 0 saturated carbocycles. The standard InChI is InChI=1S/C25H24N6O/c32-25(28-21-11-10-19-6-4-5-7-20(19)16-21)29-22-17-26-24(27-18-22)31-14-12-30(13-15-31)23-8-2-1-3-9-23/h1-11,16-18H,12-15H2,(H2,28,29,32). The zero-order valence-corrected chi connectivity index (χ0v) is 17.6. The lowest BCUT2D eigenvalue weighted by molar-refractivity contribution is 0.262. The molecule has 2 amide bonds. The first-order chi connectivity index (χ1) is 15.7. The average Bonchev–Trinajstić information content (AvgIpc) is 2.85. The molecule has 1 saturated heterocycles. The van der Waals surface area contributed by atoms with Gasteiger partial charge < -0.3 is 20.4 Å². The van der Waals surface area contributed by atoms with Crippen LogP contribution in [-0.4, -0.2) is 42.2 Å². The fourth-order valence-corrected chi connectivity index (χ4v) is 3.91. The van der Waals surface area contributed by atoms with Crippen molar-refractivity contribution >= 4 is 39.8 Å². The summed E-state index contributed by atoms with van der Waals surface area (Å²) in [5.41, 5.74) is 2.52. The number of rotatable bonds is 4. The lowest BCUT2D eigenvalue weighted by Gasteiger charge is -2.36. The minimum absolute atomic E-state index is 0.326. The van der Waals surface area contributed by atoms with Gasteiger partial charge in [0.2, 0.25) is 5.95 Å². The zero-order chi connectivity index (χ0) is 21.8. The van der Waals surface area contributed by atoms with Gasteiger partial charge in [-0.05, 0) is 35.0 Å². The fraction of sp³-hybridized carbons (Fsp3) is 0.160. The molecule has 1 aliphatic rings. The molecule has 1 aliphatic heterocycles. The van der Waals surface area contributed by atoms with Crippen molar-refractivity contribution in [3.63, 3.8) is 0 Å². The second-order valence-electron chi connectivity index (χ2n) is 7.72. The van der Waals surface area contributed by atoms with Gasteiger partial charge in [-0.25, -0.2) is 14.8 Å². The van der Waals surface area contributed by atoms with Crippen LogP contribution in [0, 0.1) is 0 Å². The van der Waals surface area contributed by atoms with Crippen LogP contribution in [0.1, 0.15) is 0 Å². The molecule has 0 atom stereocenters. The molecular weight excluding hydrogens is 400 g/mol. The molecule has 0 radical (unpaired) electrons. The molecule has 3 aromatic carbocycles. The number of hydrogen-bond acceptors (Lipinski definition) is 5. The summed E-state index contributed by atoms with van der Waals surface area (Å²) in [6, 6.07) is 24.0. The van der Waals surface area contributed by atoms with Crippen LogP contribution in [0.5, 0.6) is 0 Å². The minimum atomic E-state index is -0.326.